The Labute approximate surface area is 94.4 Å². The normalized spacial score (nSPS) is 12.0. The van der Waals surface area contributed by atoms with Crippen molar-refractivity contribution in [3.8, 4) is 0 Å². The van der Waals surface area contributed by atoms with Crippen LogP contribution in [-0.2, 0) is 10.0 Å². The van der Waals surface area contributed by atoms with Crippen LogP contribution in [-0.4, -0.2) is 37.5 Å². The van der Waals surface area contributed by atoms with Gasteiger partial charge in [0.05, 0.1) is 11.5 Å². The van der Waals surface area contributed by atoms with Crippen molar-refractivity contribution in [3.63, 3.8) is 0 Å². The number of aliphatic hydroxyl groups is 1. The zero-order chi connectivity index (χ0) is 12.2. The molecule has 1 N–H and O–H groups in total. The van der Waals surface area contributed by atoms with Gasteiger partial charge < -0.3 is 5.11 Å². The van der Waals surface area contributed by atoms with Crippen LogP contribution in [0.1, 0.15) is 6.92 Å². The molecule has 0 aliphatic rings. The Morgan fingerprint density at radius 3 is 2.62 bits per heavy atom. The third kappa shape index (κ3) is 2.78. The molecule has 0 radical (unpaired) electrons. The molecule has 0 aromatic heterocycles. The molecule has 0 aliphatic carbocycles. The molecule has 0 saturated heterocycles. The highest BCUT2D eigenvalue weighted by Crippen LogP contribution is 2.15. The number of halogens is 1. The van der Waals surface area contributed by atoms with Gasteiger partial charge in [-0.15, -0.1) is 0 Å². The lowest BCUT2D eigenvalue weighted by molar-refractivity contribution is 0.257. The zero-order valence-electron chi connectivity index (χ0n) is 8.93. The molecule has 0 atom stereocenters. The minimum atomic E-state index is -3.70. The van der Waals surface area contributed by atoms with Crippen LogP contribution in [0.5, 0.6) is 0 Å². The Morgan fingerprint density at radius 1 is 1.44 bits per heavy atom. The molecule has 90 valence electrons. The van der Waals surface area contributed by atoms with Gasteiger partial charge in [-0.25, -0.2) is 12.8 Å². The lowest BCUT2D eigenvalue weighted by Gasteiger charge is -2.19. The van der Waals surface area contributed by atoms with E-state index in [4.69, 9.17) is 5.11 Å². The van der Waals surface area contributed by atoms with Gasteiger partial charge in [-0.2, -0.15) is 4.31 Å². The van der Waals surface area contributed by atoms with E-state index in [0.717, 1.165) is 10.4 Å². The fraction of sp³-hybridized carbons (Fsp3) is 0.400. The first-order valence-electron chi connectivity index (χ1n) is 4.89. The van der Waals surface area contributed by atoms with E-state index in [-0.39, 0.29) is 24.6 Å². The molecule has 0 unspecified atom stereocenters. The third-order valence-corrected chi connectivity index (χ3v) is 4.11. The molecule has 1 aromatic rings. The molecule has 0 amide bonds. The Hall–Kier alpha value is -0.980. The van der Waals surface area contributed by atoms with E-state index >= 15 is 0 Å². The average Bonchev–Trinajstić information content (AvgIpc) is 2.25. The third-order valence-electron chi connectivity index (χ3n) is 2.14. The Kier molecular flexibility index (Phi) is 4.40. The minimum absolute atomic E-state index is 0.00927. The second-order valence-corrected chi connectivity index (χ2v) is 5.12. The summed E-state index contributed by atoms with van der Waals surface area (Å²) in [5.74, 6) is -0.596. The second kappa shape index (κ2) is 5.38. The lowest BCUT2D eigenvalue weighted by Crippen LogP contribution is -2.33. The highest BCUT2D eigenvalue weighted by atomic mass is 32.2. The summed E-state index contributed by atoms with van der Waals surface area (Å²) in [7, 11) is -3.70. The maximum Gasteiger partial charge on any atom is 0.243 e. The summed E-state index contributed by atoms with van der Waals surface area (Å²) in [6.45, 7) is 1.64. The van der Waals surface area contributed by atoms with Gasteiger partial charge in [-0.05, 0) is 18.2 Å². The fourth-order valence-corrected chi connectivity index (χ4v) is 2.81. The molecule has 0 bridgehead atoms. The number of rotatable bonds is 5. The summed E-state index contributed by atoms with van der Waals surface area (Å²) < 4.78 is 37.9. The number of sulfonamides is 1. The number of hydrogen-bond acceptors (Lipinski definition) is 3. The van der Waals surface area contributed by atoms with Crippen LogP contribution in [0.2, 0.25) is 0 Å². The van der Waals surface area contributed by atoms with Crippen LogP contribution in [0.3, 0.4) is 0 Å². The highest BCUT2D eigenvalue weighted by Gasteiger charge is 2.22. The van der Waals surface area contributed by atoms with Gasteiger partial charge in [0.15, 0.2) is 0 Å². The lowest BCUT2D eigenvalue weighted by atomic mass is 10.4. The van der Waals surface area contributed by atoms with Gasteiger partial charge in [-0.1, -0.05) is 13.0 Å². The smallest absolute Gasteiger partial charge is 0.243 e. The molecule has 6 heteroatoms. The van der Waals surface area contributed by atoms with Crippen molar-refractivity contribution in [2.24, 2.45) is 0 Å². The molecule has 0 heterocycles. The van der Waals surface area contributed by atoms with Crippen molar-refractivity contribution in [1.29, 1.82) is 0 Å². The van der Waals surface area contributed by atoms with Crippen LogP contribution in [0, 0.1) is 5.82 Å². The van der Waals surface area contributed by atoms with Crippen LogP contribution in [0.15, 0.2) is 29.2 Å². The standard InChI is InChI=1S/C10H14FNO3S/c1-2-12(6-7-13)16(14,15)10-5-3-4-9(11)8-10/h3-5,8,13H,2,6-7H2,1H3. The summed E-state index contributed by atoms with van der Waals surface area (Å²) in [6, 6.07) is 4.82. The van der Waals surface area contributed by atoms with Crippen LogP contribution in [0.4, 0.5) is 4.39 Å². The Bertz CT molecular complexity index is 447. The maximum absolute atomic E-state index is 12.9. The highest BCUT2D eigenvalue weighted by molar-refractivity contribution is 7.89. The van der Waals surface area contributed by atoms with Crippen molar-refractivity contribution < 1.29 is 17.9 Å². The number of hydrogen-bond donors (Lipinski definition) is 1. The summed E-state index contributed by atoms with van der Waals surface area (Å²) in [5.41, 5.74) is 0. The first-order chi connectivity index (χ1) is 7.52. The first-order valence-corrected chi connectivity index (χ1v) is 6.33. The molecule has 4 nitrogen and oxygen atoms in total. The predicted molar refractivity (Wildman–Crippen MR) is 57.9 cm³/mol. The van der Waals surface area contributed by atoms with E-state index in [1.807, 2.05) is 0 Å². The second-order valence-electron chi connectivity index (χ2n) is 3.18. The molecule has 0 spiro atoms. The molecule has 0 fully saturated rings. The maximum atomic E-state index is 12.9. The molecule has 1 rings (SSSR count). The summed E-state index contributed by atoms with van der Waals surface area (Å²) in [5, 5.41) is 8.75. The van der Waals surface area contributed by atoms with Crippen molar-refractivity contribution in [2.45, 2.75) is 11.8 Å². The zero-order valence-corrected chi connectivity index (χ0v) is 9.74. The average molecular weight is 247 g/mol. The number of nitrogens with zero attached hydrogens (tertiary/aromatic N) is 1. The molecule has 1 aromatic carbocycles. The first kappa shape index (κ1) is 13.1. The van der Waals surface area contributed by atoms with Gasteiger partial charge in [0.25, 0.3) is 0 Å². The van der Waals surface area contributed by atoms with E-state index in [1.165, 1.54) is 18.2 Å². The summed E-state index contributed by atoms with van der Waals surface area (Å²) in [6.07, 6.45) is 0. The topological polar surface area (TPSA) is 57.6 Å². The van der Waals surface area contributed by atoms with E-state index in [1.54, 1.807) is 6.92 Å². The van der Waals surface area contributed by atoms with Gasteiger partial charge in [0.2, 0.25) is 10.0 Å². The van der Waals surface area contributed by atoms with E-state index in [0.29, 0.717) is 0 Å². The molecule has 0 saturated carbocycles. The monoisotopic (exact) mass is 247 g/mol. The van der Waals surface area contributed by atoms with Gasteiger partial charge in [0.1, 0.15) is 5.82 Å². The SMILES string of the molecule is CCN(CCO)S(=O)(=O)c1cccc(F)c1. The van der Waals surface area contributed by atoms with Crippen molar-refractivity contribution in [2.75, 3.05) is 19.7 Å². The van der Waals surface area contributed by atoms with Crippen LogP contribution < -0.4 is 0 Å². The van der Waals surface area contributed by atoms with E-state index < -0.39 is 15.8 Å². The fourth-order valence-electron chi connectivity index (χ4n) is 1.34. The van der Waals surface area contributed by atoms with Crippen LogP contribution >= 0.6 is 0 Å². The molecular weight excluding hydrogens is 233 g/mol. The number of likely N-dealkylation sites (N-methyl/N-ethyl adjacent to an activating group) is 1. The summed E-state index contributed by atoms with van der Waals surface area (Å²) in [4.78, 5) is -0.0946. The molecule has 0 aliphatic heterocycles. The molecular formula is C10H14FNO3S. The van der Waals surface area contributed by atoms with Crippen molar-refractivity contribution in [3.05, 3.63) is 30.1 Å². The van der Waals surface area contributed by atoms with Gasteiger partial charge in [0, 0.05) is 13.1 Å². The Balaban J connectivity index is 3.09. The van der Waals surface area contributed by atoms with Gasteiger partial charge >= 0.3 is 0 Å². The Morgan fingerprint density at radius 2 is 2.12 bits per heavy atom. The van der Waals surface area contributed by atoms with E-state index in [9.17, 15) is 12.8 Å². The van der Waals surface area contributed by atoms with Gasteiger partial charge in [-0.3, -0.25) is 0 Å². The predicted octanol–water partition coefficient (Wildman–Crippen LogP) is 0.829. The van der Waals surface area contributed by atoms with Crippen molar-refractivity contribution >= 4 is 10.0 Å². The number of benzene rings is 1. The molecule has 16 heavy (non-hydrogen) atoms. The summed E-state index contributed by atoms with van der Waals surface area (Å²) >= 11 is 0. The minimum Gasteiger partial charge on any atom is -0.395 e. The number of aliphatic hydroxyl groups excluding tert-OH is 1. The largest absolute Gasteiger partial charge is 0.395 e. The van der Waals surface area contributed by atoms with Crippen LogP contribution in [0.25, 0.3) is 0 Å². The quantitative estimate of drug-likeness (QED) is 0.838. The van der Waals surface area contributed by atoms with E-state index in [2.05, 4.69) is 0 Å². The van der Waals surface area contributed by atoms with Crippen molar-refractivity contribution in [1.82, 2.24) is 4.31 Å².